The minimum Gasteiger partial charge on any atom is -0.496 e. The van der Waals surface area contributed by atoms with Gasteiger partial charge in [0.2, 0.25) is 5.91 Å². The third-order valence-electron chi connectivity index (χ3n) is 4.42. The van der Waals surface area contributed by atoms with E-state index in [0.29, 0.717) is 0 Å². The molecule has 0 aliphatic carbocycles. The van der Waals surface area contributed by atoms with Crippen LogP contribution in [0.2, 0.25) is 0 Å². The molecule has 0 heterocycles. The number of methoxy groups -OCH3 is 1. The standard InChI is InChI=1S/C21H28N2O2/c1-4-16(5-2)21(24)23-19-12-10-18(11-13-19)22-15-14-17-8-6-7-9-20(17)25-3/h6-13,16,22H,4-5,14-15H2,1-3H3,(H,23,24). The summed E-state index contributed by atoms with van der Waals surface area (Å²) in [6, 6.07) is 15.9. The van der Waals surface area contributed by atoms with Crippen LogP contribution >= 0.6 is 0 Å². The number of anilines is 2. The summed E-state index contributed by atoms with van der Waals surface area (Å²) in [5, 5.41) is 6.39. The fraction of sp³-hybridized carbons (Fsp3) is 0.381. The lowest BCUT2D eigenvalue weighted by Crippen LogP contribution is -2.21. The number of nitrogens with one attached hydrogen (secondary N) is 2. The highest BCUT2D eigenvalue weighted by molar-refractivity contribution is 5.92. The molecule has 134 valence electrons. The lowest BCUT2D eigenvalue weighted by Gasteiger charge is -2.13. The number of para-hydroxylation sites is 1. The SMILES string of the molecule is CCC(CC)C(=O)Nc1ccc(NCCc2ccccc2OC)cc1. The molecule has 2 aromatic rings. The normalized spacial score (nSPS) is 10.6. The van der Waals surface area contributed by atoms with Gasteiger partial charge in [-0.2, -0.15) is 0 Å². The molecule has 4 nitrogen and oxygen atoms in total. The molecule has 2 rings (SSSR count). The summed E-state index contributed by atoms with van der Waals surface area (Å²) in [4.78, 5) is 12.1. The van der Waals surface area contributed by atoms with Crippen LogP contribution in [0, 0.1) is 5.92 Å². The van der Waals surface area contributed by atoms with Gasteiger partial charge < -0.3 is 15.4 Å². The average Bonchev–Trinajstić information content (AvgIpc) is 2.64. The van der Waals surface area contributed by atoms with Gasteiger partial charge in [-0.05, 0) is 55.2 Å². The minimum absolute atomic E-state index is 0.0821. The van der Waals surface area contributed by atoms with E-state index in [1.807, 2.05) is 56.3 Å². The molecule has 0 fully saturated rings. The lowest BCUT2D eigenvalue weighted by atomic mass is 10.0. The Morgan fingerprint density at radius 1 is 1.00 bits per heavy atom. The van der Waals surface area contributed by atoms with Gasteiger partial charge >= 0.3 is 0 Å². The number of hydrogen-bond donors (Lipinski definition) is 2. The van der Waals surface area contributed by atoms with Gasteiger partial charge in [-0.25, -0.2) is 0 Å². The Morgan fingerprint density at radius 3 is 2.28 bits per heavy atom. The zero-order valence-corrected chi connectivity index (χ0v) is 15.3. The number of carbonyl (C=O) groups excluding carboxylic acids is 1. The molecule has 0 radical (unpaired) electrons. The largest absolute Gasteiger partial charge is 0.496 e. The maximum absolute atomic E-state index is 12.1. The first-order valence-electron chi connectivity index (χ1n) is 8.94. The molecule has 0 saturated heterocycles. The zero-order valence-electron chi connectivity index (χ0n) is 15.3. The second kappa shape index (κ2) is 9.72. The molecule has 0 saturated carbocycles. The number of amides is 1. The van der Waals surface area contributed by atoms with Crippen molar-refractivity contribution in [1.29, 1.82) is 0 Å². The number of ether oxygens (including phenoxy) is 1. The van der Waals surface area contributed by atoms with E-state index in [9.17, 15) is 4.79 Å². The molecule has 0 spiro atoms. The van der Waals surface area contributed by atoms with Crippen molar-refractivity contribution in [1.82, 2.24) is 0 Å². The Bertz CT molecular complexity index is 664. The second-order valence-electron chi connectivity index (χ2n) is 6.07. The smallest absolute Gasteiger partial charge is 0.227 e. The van der Waals surface area contributed by atoms with Crippen LogP contribution in [-0.2, 0) is 11.2 Å². The minimum atomic E-state index is 0.0821. The predicted octanol–water partition coefficient (Wildman–Crippen LogP) is 4.72. The molecular formula is C21H28N2O2. The Kier molecular flexibility index (Phi) is 7.33. The van der Waals surface area contributed by atoms with Crippen molar-refractivity contribution in [3.05, 3.63) is 54.1 Å². The van der Waals surface area contributed by atoms with E-state index in [0.717, 1.165) is 42.9 Å². The topological polar surface area (TPSA) is 50.4 Å². The highest BCUT2D eigenvalue weighted by atomic mass is 16.5. The van der Waals surface area contributed by atoms with Crippen LogP contribution in [0.25, 0.3) is 0 Å². The fourth-order valence-electron chi connectivity index (χ4n) is 2.83. The predicted molar refractivity (Wildman–Crippen MR) is 104 cm³/mol. The number of benzene rings is 2. The molecule has 4 heteroatoms. The first-order valence-corrected chi connectivity index (χ1v) is 8.94. The van der Waals surface area contributed by atoms with Crippen molar-refractivity contribution in [2.45, 2.75) is 33.1 Å². The average molecular weight is 340 g/mol. The molecule has 0 bridgehead atoms. The van der Waals surface area contributed by atoms with Crippen molar-refractivity contribution >= 4 is 17.3 Å². The van der Waals surface area contributed by atoms with E-state index in [1.54, 1.807) is 7.11 Å². The van der Waals surface area contributed by atoms with Gasteiger partial charge in [0.05, 0.1) is 7.11 Å². The molecule has 0 atom stereocenters. The highest BCUT2D eigenvalue weighted by Crippen LogP contribution is 2.19. The molecular weight excluding hydrogens is 312 g/mol. The molecule has 25 heavy (non-hydrogen) atoms. The van der Waals surface area contributed by atoms with E-state index in [-0.39, 0.29) is 11.8 Å². The van der Waals surface area contributed by atoms with Gasteiger partial charge in [0.15, 0.2) is 0 Å². The van der Waals surface area contributed by atoms with Crippen LogP contribution in [0.3, 0.4) is 0 Å². The molecule has 0 aromatic heterocycles. The molecule has 0 aliphatic heterocycles. The molecule has 2 N–H and O–H groups in total. The lowest BCUT2D eigenvalue weighted by molar-refractivity contribution is -0.120. The summed E-state index contributed by atoms with van der Waals surface area (Å²) in [6.45, 7) is 4.91. The maximum atomic E-state index is 12.1. The molecule has 1 amide bonds. The second-order valence-corrected chi connectivity index (χ2v) is 6.07. The van der Waals surface area contributed by atoms with Crippen LogP contribution in [-0.4, -0.2) is 19.6 Å². The van der Waals surface area contributed by atoms with Crippen molar-refractivity contribution in [3.8, 4) is 5.75 Å². The van der Waals surface area contributed by atoms with Crippen LogP contribution < -0.4 is 15.4 Å². The van der Waals surface area contributed by atoms with Crippen LogP contribution in [0.15, 0.2) is 48.5 Å². The Balaban J connectivity index is 1.85. The van der Waals surface area contributed by atoms with Gasteiger partial charge in [-0.15, -0.1) is 0 Å². The van der Waals surface area contributed by atoms with Crippen molar-refractivity contribution < 1.29 is 9.53 Å². The summed E-state index contributed by atoms with van der Waals surface area (Å²) in [5.41, 5.74) is 3.06. The number of hydrogen-bond acceptors (Lipinski definition) is 3. The Hall–Kier alpha value is -2.49. The maximum Gasteiger partial charge on any atom is 0.227 e. The Labute approximate surface area is 150 Å². The van der Waals surface area contributed by atoms with E-state index in [4.69, 9.17) is 4.74 Å². The third kappa shape index (κ3) is 5.52. The van der Waals surface area contributed by atoms with Crippen molar-refractivity contribution in [2.24, 2.45) is 5.92 Å². The summed E-state index contributed by atoms with van der Waals surface area (Å²) < 4.78 is 5.37. The van der Waals surface area contributed by atoms with Crippen LogP contribution in [0.5, 0.6) is 5.75 Å². The molecule has 0 aliphatic rings. The quantitative estimate of drug-likeness (QED) is 0.694. The van der Waals surface area contributed by atoms with Crippen LogP contribution in [0.4, 0.5) is 11.4 Å². The Morgan fingerprint density at radius 2 is 1.64 bits per heavy atom. The van der Waals surface area contributed by atoms with Gasteiger partial charge in [0.25, 0.3) is 0 Å². The number of rotatable bonds is 9. The molecule has 0 unspecified atom stereocenters. The molecule has 2 aromatic carbocycles. The third-order valence-corrected chi connectivity index (χ3v) is 4.42. The zero-order chi connectivity index (χ0) is 18.1. The van der Waals surface area contributed by atoms with Crippen molar-refractivity contribution in [2.75, 3.05) is 24.3 Å². The summed E-state index contributed by atoms with van der Waals surface area (Å²) in [5.74, 6) is 1.10. The van der Waals surface area contributed by atoms with Crippen LogP contribution in [0.1, 0.15) is 32.3 Å². The summed E-state index contributed by atoms with van der Waals surface area (Å²) in [7, 11) is 1.70. The van der Waals surface area contributed by atoms with Gasteiger partial charge in [-0.1, -0.05) is 32.0 Å². The van der Waals surface area contributed by atoms with Crippen molar-refractivity contribution in [3.63, 3.8) is 0 Å². The van der Waals surface area contributed by atoms with E-state index in [1.165, 1.54) is 5.56 Å². The first kappa shape index (κ1) is 18.8. The van der Waals surface area contributed by atoms with Gasteiger partial charge in [0, 0.05) is 23.8 Å². The summed E-state index contributed by atoms with van der Waals surface area (Å²) >= 11 is 0. The van der Waals surface area contributed by atoms with E-state index < -0.39 is 0 Å². The van der Waals surface area contributed by atoms with Gasteiger partial charge in [-0.3, -0.25) is 4.79 Å². The fourth-order valence-corrected chi connectivity index (χ4v) is 2.83. The van der Waals surface area contributed by atoms with Gasteiger partial charge in [0.1, 0.15) is 5.75 Å². The first-order chi connectivity index (χ1) is 12.2. The van der Waals surface area contributed by atoms with E-state index in [2.05, 4.69) is 16.7 Å². The monoisotopic (exact) mass is 340 g/mol. The summed E-state index contributed by atoms with van der Waals surface area (Å²) in [6.07, 6.45) is 2.62. The highest BCUT2D eigenvalue weighted by Gasteiger charge is 2.13. The van der Waals surface area contributed by atoms with E-state index >= 15 is 0 Å². The number of carbonyl (C=O) groups is 1.